The van der Waals surface area contributed by atoms with Crippen LogP contribution < -0.4 is 5.32 Å². The molecule has 1 aliphatic rings. The molecule has 10 heteroatoms. The maximum absolute atomic E-state index is 12.3. The Hall–Kier alpha value is -2.46. The summed E-state index contributed by atoms with van der Waals surface area (Å²) in [5.41, 5.74) is 3.15. The third-order valence-corrected chi connectivity index (χ3v) is 4.52. The van der Waals surface area contributed by atoms with Crippen LogP contribution in [0.25, 0.3) is 5.69 Å². The van der Waals surface area contributed by atoms with Crippen LogP contribution in [0.2, 0.25) is 0 Å². The summed E-state index contributed by atoms with van der Waals surface area (Å²) >= 11 is 0. The molecule has 0 fully saturated rings. The van der Waals surface area contributed by atoms with Crippen molar-refractivity contribution in [3.8, 4) is 5.69 Å². The summed E-state index contributed by atoms with van der Waals surface area (Å²) < 4.78 is 38.4. The summed E-state index contributed by atoms with van der Waals surface area (Å²) in [4.78, 5) is 14.1. The number of aliphatic hydroxyl groups excluding tert-OH is 1. The first-order valence-corrected chi connectivity index (χ1v) is 8.52. The summed E-state index contributed by atoms with van der Waals surface area (Å²) in [6.45, 7) is 2.33. The minimum Gasteiger partial charge on any atom is -0.395 e. The van der Waals surface area contributed by atoms with Crippen molar-refractivity contribution in [1.82, 2.24) is 25.2 Å². The van der Waals surface area contributed by atoms with Gasteiger partial charge < -0.3 is 10.4 Å². The van der Waals surface area contributed by atoms with Gasteiger partial charge in [-0.2, -0.15) is 13.2 Å². The molecule has 0 saturated carbocycles. The number of benzene rings is 1. The van der Waals surface area contributed by atoms with Crippen molar-refractivity contribution in [2.45, 2.75) is 26.1 Å². The molecule has 1 aromatic heterocycles. The molecular formula is C17H20F3N5O2. The Morgan fingerprint density at radius 2 is 2.15 bits per heavy atom. The second-order valence-corrected chi connectivity index (χ2v) is 6.40. The molecule has 7 nitrogen and oxygen atoms in total. The van der Waals surface area contributed by atoms with Gasteiger partial charge in [-0.3, -0.25) is 9.69 Å². The SMILES string of the molecule is Cc1c(C(=O)NCC(F)(F)F)nnn1-c1cccc2c1CCN(CCO)C2. The van der Waals surface area contributed by atoms with Gasteiger partial charge in [-0.15, -0.1) is 5.10 Å². The van der Waals surface area contributed by atoms with E-state index in [9.17, 15) is 18.0 Å². The van der Waals surface area contributed by atoms with Crippen LogP contribution in [0.4, 0.5) is 13.2 Å². The van der Waals surface area contributed by atoms with Crippen LogP contribution in [0.3, 0.4) is 0 Å². The van der Waals surface area contributed by atoms with E-state index < -0.39 is 18.6 Å². The highest BCUT2D eigenvalue weighted by Crippen LogP contribution is 2.26. The second-order valence-electron chi connectivity index (χ2n) is 6.40. The number of nitrogens with one attached hydrogen (secondary N) is 1. The number of hydrogen-bond donors (Lipinski definition) is 2. The number of rotatable bonds is 5. The summed E-state index contributed by atoms with van der Waals surface area (Å²) in [5, 5.41) is 18.7. The van der Waals surface area contributed by atoms with Crippen LogP contribution in [0.15, 0.2) is 18.2 Å². The molecule has 1 aromatic carbocycles. The normalized spacial score (nSPS) is 14.9. The molecule has 2 heterocycles. The average Bonchev–Trinajstić information content (AvgIpc) is 3.00. The Morgan fingerprint density at radius 1 is 1.37 bits per heavy atom. The van der Waals surface area contributed by atoms with Crippen molar-refractivity contribution < 1.29 is 23.1 Å². The fraction of sp³-hybridized carbons (Fsp3) is 0.471. The van der Waals surface area contributed by atoms with Gasteiger partial charge in [0.05, 0.1) is 18.0 Å². The van der Waals surface area contributed by atoms with Crippen LogP contribution in [0, 0.1) is 6.92 Å². The van der Waals surface area contributed by atoms with E-state index in [0.29, 0.717) is 18.8 Å². The van der Waals surface area contributed by atoms with E-state index in [1.54, 1.807) is 6.92 Å². The molecule has 0 atom stereocenters. The molecule has 0 saturated heterocycles. The molecule has 0 aliphatic carbocycles. The van der Waals surface area contributed by atoms with Crippen molar-refractivity contribution in [3.05, 3.63) is 40.7 Å². The van der Waals surface area contributed by atoms with Crippen molar-refractivity contribution in [2.75, 3.05) is 26.2 Å². The number of aliphatic hydroxyl groups is 1. The Labute approximate surface area is 153 Å². The zero-order valence-electron chi connectivity index (χ0n) is 14.8. The molecule has 2 N–H and O–H groups in total. The zero-order chi connectivity index (χ0) is 19.6. The number of carbonyl (C=O) groups is 1. The predicted octanol–water partition coefficient (Wildman–Crippen LogP) is 1.22. The minimum absolute atomic E-state index is 0.0909. The van der Waals surface area contributed by atoms with Crippen molar-refractivity contribution >= 4 is 5.91 Å². The molecule has 0 unspecified atom stereocenters. The standard InChI is InChI=1S/C17H20F3N5O2/c1-11-15(16(27)21-10-17(18,19)20)22-23-25(11)14-4-2-3-12-9-24(7-8-26)6-5-13(12)14/h2-4,26H,5-10H2,1H3,(H,21,27). The second kappa shape index (κ2) is 7.65. The lowest BCUT2D eigenvalue weighted by Crippen LogP contribution is -2.34. The van der Waals surface area contributed by atoms with Gasteiger partial charge in [0.25, 0.3) is 5.91 Å². The number of halogens is 3. The Balaban J connectivity index is 1.86. The predicted molar refractivity (Wildman–Crippen MR) is 90.6 cm³/mol. The van der Waals surface area contributed by atoms with Crippen LogP contribution in [-0.4, -0.2) is 63.3 Å². The molecule has 0 radical (unpaired) electrons. The maximum atomic E-state index is 12.3. The Morgan fingerprint density at radius 3 is 2.85 bits per heavy atom. The van der Waals surface area contributed by atoms with Gasteiger partial charge in [-0.1, -0.05) is 17.3 Å². The average molecular weight is 383 g/mol. The van der Waals surface area contributed by atoms with Gasteiger partial charge >= 0.3 is 6.18 Å². The highest BCUT2D eigenvalue weighted by Gasteiger charge is 2.29. The number of amides is 1. The van der Waals surface area contributed by atoms with Crippen molar-refractivity contribution in [2.24, 2.45) is 0 Å². The van der Waals surface area contributed by atoms with Gasteiger partial charge in [0.1, 0.15) is 6.54 Å². The molecule has 0 spiro atoms. The van der Waals surface area contributed by atoms with Gasteiger partial charge in [0.2, 0.25) is 0 Å². The van der Waals surface area contributed by atoms with Gasteiger partial charge in [0.15, 0.2) is 5.69 Å². The fourth-order valence-electron chi connectivity index (χ4n) is 3.21. The lowest BCUT2D eigenvalue weighted by atomic mass is 9.97. The van der Waals surface area contributed by atoms with Crippen LogP contribution in [0.1, 0.15) is 27.3 Å². The first kappa shape index (κ1) is 19.3. The molecule has 3 rings (SSSR count). The van der Waals surface area contributed by atoms with Gasteiger partial charge in [-0.05, 0) is 30.5 Å². The largest absolute Gasteiger partial charge is 0.405 e. The Kier molecular flexibility index (Phi) is 5.47. The molecule has 146 valence electrons. The zero-order valence-corrected chi connectivity index (χ0v) is 14.8. The van der Waals surface area contributed by atoms with Crippen molar-refractivity contribution in [3.63, 3.8) is 0 Å². The van der Waals surface area contributed by atoms with Crippen LogP contribution in [0.5, 0.6) is 0 Å². The van der Waals surface area contributed by atoms with E-state index in [2.05, 4.69) is 15.2 Å². The van der Waals surface area contributed by atoms with E-state index in [0.717, 1.165) is 29.8 Å². The maximum Gasteiger partial charge on any atom is 0.405 e. The third-order valence-electron chi connectivity index (χ3n) is 4.52. The highest BCUT2D eigenvalue weighted by molar-refractivity contribution is 5.93. The number of carbonyl (C=O) groups excluding carboxylic acids is 1. The van der Waals surface area contributed by atoms with E-state index in [1.807, 2.05) is 23.5 Å². The fourth-order valence-corrected chi connectivity index (χ4v) is 3.21. The minimum atomic E-state index is -4.49. The summed E-state index contributed by atoms with van der Waals surface area (Å²) in [6, 6.07) is 5.70. The molecule has 1 amide bonds. The molecule has 27 heavy (non-hydrogen) atoms. The van der Waals surface area contributed by atoms with Gasteiger partial charge in [-0.25, -0.2) is 4.68 Å². The lowest BCUT2D eigenvalue weighted by Gasteiger charge is -2.29. The van der Waals surface area contributed by atoms with E-state index in [1.165, 1.54) is 4.68 Å². The highest BCUT2D eigenvalue weighted by atomic mass is 19.4. The first-order valence-electron chi connectivity index (χ1n) is 8.52. The van der Waals surface area contributed by atoms with E-state index in [4.69, 9.17) is 5.11 Å². The summed E-state index contributed by atoms with van der Waals surface area (Å²) in [7, 11) is 0. The smallest absolute Gasteiger partial charge is 0.395 e. The van der Waals surface area contributed by atoms with E-state index in [-0.39, 0.29) is 12.3 Å². The number of β-amino-alcohol motifs (C(OH)–C–C–N with tert-alkyl or cyclic N) is 1. The van der Waals surface area contributed by atoms with Crippen LogP contribution in [-0.2, 0) is 13.0 Å². The molecule has 2 aromatic rings. The number of fused-ring (bicyclic) bond motifs is 1. The number of aromatic nitrogens is 3. The first-order chi connectivity index (χ1) is 12.8. The van der Waals surface area contributed by atoms with Crippen LogP contribution >= 0.6 is 0 Å². The summed E-state index contributed by atoms with van der Waals surface area (Å²) in [6.07, 6.45) is -3.75. The number of hydrogen-bond acceptors (Lipinski definition) is 5. The topological polar surface area (TPSA) is 83.3 Å². The summed E-state index contributed by atoms with van der Waals surface area (Å²) in [5.74, 6) is -0.907. The quantitative estimate of drug-likeness (QED) is 0.811. The Bertz CT molecular complexity index is 834. The molecule has 1 aliphatic heterocycles. The monoisotopic (exact) mass is 383 g/mol. The third kappa shape index (κ3) is 4.28. The molecule has 0 bridgehead atoms. The number of alkyl halides is 3. The molecular weight excluding hydrogens is 363 g/mol. The number of nitrogens with zero attached hydrogens (tertiary/aromatic N) is 4. The van der Waals surface area contributed by atoms with Crippen molar-refractivity contribution in [1.29, 1.82) is 0 Å². The van der Waals surface area contributed by atoms with E-state index >= 15 is 0 Å². The van der Waals surface area contributed by atoms with Gasteiger partial charge in [0, 0.05) is 19.6 Å². The lowest BCUT2D eigenvalue weighted by molar-refractivity contribution is -0.123.